The van der Waals surface area contributed by atoms with E-state index in [9.17, 15) is 14.7 Å². The lowest BCUT2D eigenvalue weighted by molar-refractivity contribution is -0.133. The van der Waals surface area contributed by atoms with Gasteiger partial charge in [-0.25, -0.2) is 15.3 Å². The van der Waals surface area contributed by atoms with Gasteiger partial charge in [-0.3, -0.25) is 10.0 Å². The average molecular weight is 342 g/mol. The molecule has 0 heterocycles. The van der Waals surface area contributed by atoms with Crippen molar-refractivity contribution in [1.29, 1.82) is 0 Å². The Bertz CT molecular complexity index is 516. The monoisotopic (exact) mass is 342 g/mol. The summed E-state index contributed by atoms with van der Waals surface area (Å²) in [5.41, 5.74) is 7.33. The van der Waals surface area contributed by atoms with Crippen LogP contribution in [-0.2, 0) is 14.3 Å². The van der Waals surface area contributed by atoms with Crippen LogP contribution in [-0.4, -0.2) is 52.4 Å². The number of nitrogens with one attached hydrogen (secondary N) is 2. The van der Waals surface area contributed by atoms with E-state index in [2.05, 4.69) is 10.3 Å². The van der Waals surface area contributed by atoms with Crippen molar-refractivity contribution in [3.05, 3.63) is 11.6 Å². The molecule has 9 heteroatoms. The van der Waals surface area contributed by atoms with Gasteiger partial charge in [0.2, 0.25) is 11.9 Å². The molecule has 0 aliphatic heterocycles. The predicted molar refractivity (Wildman–Crippen MR) is 87.5 cm³/mol. The number of rotatable bonds is 7. The molecular formula is C15H26N4O5. The number of hydroxylamine groups is 1. The van der Waals surface area contributed by atoms with Crippen molar-refractivity contribution in [2.45, 2.75) is 64.3 Å². The van der Waals surface area contributed by atoms with Gasteiger partial charge in [0.1, 0.15) is 0 Å². The number of aliphatic imine (C=N–C) groups is 1. The van der Waals surface area contributed by atoms with Gasteiger partial charge in [-0.1, -0.05) is 13.8 Å². The summed E-state index contributed by atoms with van der Waals surface area (Å²) in [5, 5.41) is 20.9. The highest BCUT2D eigenvalue weighted by Crippen LogP contribution is 2.26. The highest BCUT2D eigenvalue weighted by molar-refractivity contribution is 5.87. The number of nitrogens with two attached hydrogens (primary N) is 1. The Kier molecular flexibility index (Phi) is 7.66. The maximum Gasteiger partial charge on any atom is 0.331 e. The molecule has 9 nitrogen and oxygen atoms in total. The number of carbonyl (C=O) groups excluding carboxylic acids is 1. The number of hydrogen-bond donors (Lipinski definition) is 5. The van der Waals surface area contributed by atoms with Crippen LogP contribution in [0.4, 0.5) is 0 Å². The summed E-state index contributed by atoms with van der Waals surface area (Å²) in [6.07, 6.45) is 2.35. The fourth-order valence-corrected chi connectivity index (χ4v) is 2.67. The molecule has 1 aliphatic rings. The zero-order chi connectivity index (χ0) is 18.3. The Balaban J connectivity index is 3.21. The fraction of sp³-hybridized carbons (Fsp3) is 0.667. The molecule has 0 unspecified atom stereocenters. The van der Waals surface area contributed by atoms with Gasteiger partial charge in [0.15, 0.2) is 0 Å². The Morgan fingerprint density at radius 1 is 1.46 bits per heavy atom. The molecule has 0 aromatic carbocycles. The largest absolute Gasteiger partial charge is 0.478 e. The number of amides is 1. The van der Waals surface area contributed by atoms with Gasteiger partial charge in [0.05, 0.1) is 24.3 Å². The van der Waals surface area contributed by atoms with Gasteiger partial charge < -0.3 is 20.9 Å². The molecule has 0 radical (unpaired) electrons. The predicted octanol–water partition coefficient (Wildman–Crippen LogP) is 0.142. The highest BCUT2D eigenvalue weighted by atomic mass is 16.5. The first-order valence-corrected chi connectivity index (χ1v) is 7.92. The number of hydrogen-bond acceptors (Lipinski definition) is 5. The molecule has 1 amide bonds. The van der Waals surface area contributed by atoms with E-state index < -0.39 is 24.2 Å². The second kappa shape index (κ2) is 9.24. The lowest BCUT2D eigenvalue weighted by Crippen LogP contribution is -2.54. The van der Waals surface area contributed by atoms with Crippen LogP contribution in [0.3, 0.4) is 0 Å². The SMILES string of the molecule is CCC(CC)O[C@@H]1C=C(C(=O)O)C[C@H](N=C(N)NO)[C@H]1NC(C)=O. The molecule has 24 heavy (non-hydrogen) atoms. The summed E-state index contributed by atoms with van der Waals surface area (Å²) in [4.78, 5) is 27.0. The van der Waals surface area contributed by atoms with Crippen LogP contribution in [0.5, 0.6) is 0 Å². The number of carboxylic acids is 1. The standard InChI is InChI=1S/C15H26N4O5/c1-4-10(5-2)24-12-7-9(14(21)22)6-11(18-15(16)19-23)13(12)17-8(3)20/h7,10-13,23H,4-6H2,1-3H3,(H,17,20)(H,21,22)(H3,16,18,19)/t11-,12+,13+/m0/s1. The maximum absolute atomic E-state index is 11.6. The maximum atomic E-state index is 11.6. The molecule has 0 saturated heterocycles. The van der Waals surface area contributed by atoms with Crippen LogP contribution in [0.2, 0.25) is 0 Å². The highest BCUT2D eigenvalue weighted by Gasteiger charge is 2.37. The fourth-order valence-electron chi connectivity index (χ4n) is 2.67. The van der Waals surface area contributed by atoms with Gasteiger partial charge in [-0.15, -0.1) is 0 Å². The van der Waals surface area contributed by atoms with Gasteiger partial charge in [-0.05, 0) is 18.9 Å². The Morgan fingerprint density at radius 2 is 2.08 bits per heavy atom. The molecule has 0 aromatic rings. The van der Waals surface area contributed by atoms with E-state index in [0.717, 1.165) is 12.8 Å². The molecular weight excluding hydrogens is 316 g/mol. The third kappa shape index (κ3) is 5.50. The smallest absolute Gasteiger partial charge is 0.331 e. The van der Waals surface area contributed by atoms with Crippen LogP contribution < -0.4 is 16.5 Å². The molecule has 3 atom stereocenters. The number of guanidine groups is 1. The van der Waals surface area contributed by atoms with Gasteiger partial charge in [0.25, 0.3) is 0 Å². The second-order valence-electron chi connectivity index (χ2n) is 5.66. The van der Waals surface area contributed by atoms with E-state index in [-0.39, 0.29) is 30.0 Å². The third-order valence-electron chi connectivity index (χ3n) is 3.89. The number of carbonyl (C=O) groups is 2. The van der Waals surface area contributed by atoms with Gasteiger partial charge >= 0.3 is 5.97 Å². The first-order valence-electron chi connectivity index (χ1n) is 7.92. The van der Waals surface area contributed by atoms with Crippen LogP contribution in [0.1, 0.15) is 40.0 Å². The van der Waals surface area contributed by atoms with Crippen LogP contribution >= 0.6 is 0 Å². The number of nitrogens with zero attached hydrogens (tertiary/aromatic N) is 1. The minimum atomic E-state index is -1.08. The van der Waals surface area contributed by atoms with Crippen LogP contribution in [0.25, 0.3) is 0 Å². The van der Waals surface area contributed by atoms with Crippen LogP contribution in [0.15, 0.2) is 16.6 Å². The van der Waals surface area contributed by atoms with Crippen LogP contribution in [0, 0.1) is 0 Å². The summed E-state index contributed by atoms with van der Waals surface area (Å²) in [6.45, 7) is 5.30. The molecule has 0 spiro atoms. The summed E-state index contributed by atoms with van der Waals surface area (Å²) < 4.78 is 5.98. The molecule has 6 N–H and O–H groups in total. The number of ether oxygens (including phenoxy) is 1. The zero-order valence-electron chi connectivity index (χ0n) is 14.2. The normalized spacial score (nSPS) is 24.5. The van der Waals surface area contributed by atoms with Crippen molar-refractivity contribution in [3.8, 4) is 0 Å². The van der Waals surface area contributed by atoms with E-state index in [1.54, 1.807) is 5.48 Å². The quantitative estimate of drug-likeness (QED) is 0.251. The van der Waals surface area contributed by atoms with E-state index in [4.69, 9.17) is 15.7 Å². The minimum absolute atomic E-state index is 0.0609. The van der Waals surface area contributed by atoms with Crippen molar-refractivity contribution < 1.29 is 24.6 Å². The van der Waals surface area contributed by atoms with Crippen molar-refractivity contribution in [1.82, 2.24) is 10.8 Å². The summed E-state index contributed by atoms with van der Waals surface area (Å²) in [6, 6.07) is -1.26. The number of aliphatic carboxylic acids is 1. The molecule has 136 valence electrons. The van der Waals surface area contributed by atoms with Gasteiger partial charge in [0, 0.05) is 18.9 Å². The lowest BCUT2D eigenvalue weighted by atomic mass is 9.88. The van der Waals surface area contributed by atoms with Crippen molar-refractivity contribution in [2.24, 2.45) is 10.7 Å². The zero-order valence-corrected chi connectivity index (χ0v) is 14.2. The van der Waals surface area contributed by atoms with Crippen molar-refractivity contribution >= 4 is 17.8 Å². The summed E-state index contributed by atoms with van der Waals surface area (Å²) in [7, 11) is 0. The van der Waals surface area contributed by atoms with E-state index in [1.807, 2.05) is 13.8 Å². The van der Waals surface area contributed by atoms with Crippen molar-refractivity contribution in [3.63, 3.8) is 0 Å². The lowest BCUT2D eigenvalue weighted by Gasteiger charge is -2.36. The topological polar surface area (TPSA) is 146 Å². The first-order chi connectivity index (χ1) is 11.3. The van der Waals surface area contributed by atoms with Crippen molar-refractivity contribution in [2.75, 3.05) is 0 Å². The Morgan fingerprint density at radius 3 is 2.54 bits per heavy atom. The third-order valence-corrected chi connectivity index (χ3v) is 3.89. The molecule has 0 aromatic heterocycles. The molecule has 1 rings (SSSR count). The molecule has 1 aliphatic carbocycles. The second-order valence-corrected chi connectivity index (χ2v) is 5.66. The van der Waals surface area contributed by atoms with Gasteiger partial charge in [-0.2, -0.15) is 0 Å². The van der Waals surface area contributed by atoms with E-state index in [0.29, 0.717) is 0 Å². The molecule has 0 bridgehead atoms. The first kappa shape index (κ1) is 19.9. The number of carboxylic acid groups (broad SMARTS) is 1. The average Bonchev–Trinajstić information content (AvgIpc) is 2.53. The molecule has 0 fully saturated rings. The summed E-state index contributed by atoms with van der Waals surface area (Å²) >= 11 is 0. The molecule has 0 saturated carbocycles. The summed E-state index contributed by atoms with van der Waals surface area (Å²) in [5.74, 6) is -1.63. The van der Waals surface area contributed by atoms with E-state index in [1.165, 1.54) is 13.0 Å². The minimum Gasteiger partial charge on any atom is -0.478 e. The Hall–Kier alpha value is -2.13. The Labute approximate surface area is 140 Å². The van der Waals surface area contributed by atoms with E-state index >= 15 is 0 Å².